The molecule has 0 aliphatic carbocycles. The Morgan fingerprint density at radius 3 is 2.76 bits per heavy atom. The molecule has 0 unspecified atom stereocenters. The van der Waals surface area contributed by atoms with Gasteiger partial charge in [-0.05, 0) is 44.4 Å². The number of likely N-dealkylation sites (tertiary alicyclic amines) is 1. The van der Waals surface area contributed by atoms with Crippen molar-refractivity contribution in [2.24, 2.45) is 0 Å². The number of carbonyl (C=O) groups is 1. The van der Waals surface area contributed by atoms with E-state index in [-0.39, 0.29) is 12.3 Å². The van der Waals surface area contributed by atoms with Crippen LogP contribution in [-0.2, 0) is 11.2 Å². The second-order valence-electron chi connectivity index (χ2n) is 7.33. The molecule has 4 rings (SSSR count). The number of amides is 1. The van der Waals surface area contributed by atoms with Crippen molar-refractivity contribution in [3.05, 3.63) is 60.3 Å². The number of thiazole rings is 1. The van der Waals surface area contributed by atoms with Gasteiger partial charge in [-0.25, -0.2) is 9.78 Å². The minimum atomic E-state index is -0.526. The molecular weight excluding hydrogens is 412 g/mol. The molecule has 0 atom stereocenters. The number of benzene rings is 1. The SMILES string of the molecule is Cc1[nH]c(=O)[nH]c(=O)c1CCC(=O)N1CCC(c2nc3cc(Cl)ccc3s2)CC1. The van der Waals surface area contributed by atoms with E-state index in [1.165, 1.54) is 0 Å². The van der Waals surface area contributed by atoms with Gasteiger partial charge in [0.25, 0.3) is 5.56 Å². The number of fused-ring (bicyclic) bond motifs is 1. The molecule has 2 N–H and O–H groups in total. The third-order valence-corrected chi connectivity index (χ3v) is 6.84. The summed E-state index contributed by atoms with van der Waals surface area (Å²) in [6, 6.07) is 5.76. The van der Waals surface area contributed by atoms with E-state index in [4.69, 9.17) is 16.6 Å². The zero-order valence-electron chi connectivity index (χ0n) is 16.0. The standard InChI is InChI=1S/C20H21ClN4O3S/c1-11-14(18(27)24-20(28)22-11)3-5-17(26)25-8-6-12(7-9-25)19-23-15-10-13(21)2-4-16(15)29-19/h2,4,10,12H,3,5-9H2,1H3,(H2,22,24,27,28). The van der Waals surface area contributed by atoms with Gasteiger partial charge in [0.05, 0.1) is 15.2 Å². The lowest BCUT2D eigenvalue weighted by molar-refractivity contribution is -0.132. The highest BCUT2D eigenvalue weighted by atomic mass is 35.5. The Balaban J connectivity index is 1.36. The quantitative estimate of drug-likeness (QED) is 0.662. The summed E-state index contributed by atoms with van der Waals surface area (Å²) >= 11 is 7.74. The molecular formula is C20H21ClN4O3S. The van der Waals surface area contributed by atoms with Gasteiger partial charge in [0.15, 0.2) is 0 Å². The molecule has 3 aromatic rings. The molecule has 1 amide bonds. The number of nitrogens with zero attached hydrogens (tertiary/aromatic N) is 2. The van der Waals surface area contributed by atoms with Crippen LogP contribution in [0, 0.1) is 6.92 Å². The van der Waals surface area contributed by atoms with Crippen LogP contribution in [0.2, 0.25) is 5.02 Å². The van der Waals surface area contributed by atoms with Crippen molar-refractivity contribution in [1.82, 2.24) is 19.9 Å². The molecule has 2 aromatic heterocycles. The summed E-state index contributed by atoms with van der Waals surface area (Å²) in [5.74, 6) is 0.379. The first kappa shape index (κ1) is 19.8. The summed E-state index contributed by atoms with van der Waals surface area (Å²) < 4.78 is 1.13. The summed E-state index contributed by atoms with van der Waals surface area (Å²) in [6.07, 6.45) is 2.31. The number of H-pyrrole nitrogens is 2. The number of aryl methyl sites for hydroxylation is 1. The number of piperidine rings is 1. The average Bonchev–Trinajstić information content (AvgIpc) is 3.10. The summed E-state index contributed by atoms with van der Waals surface area (Å²) in [5, 5.41) is 1.79. The molecule has 29 heavy (non-hydrogen) atoms. The summed E-state index contributed by atoms with van der Waals surface area (Å²) in [6.45, 7) is 3.04. The van der Waals surface area contributed by atoms with Gasteiger partial charge in [0.2, 0.25) is 5.91 Å². The number of nitrogens with one attached hydrogen (secondary N) is 2. The second kappa shape index (κ2) is 8.12. The molecule has 0 spiro atoms. The first-order valence-corrected chi connectivity index (χ1v) is 10.8. The van der Waals surface area contributed by atoms with Crippen LogP contribution < -0.4 is 11.2 Å². The minimum Gasteiger partial charge on any atom is -0.343 e. The van der Waals surface area contributed by atoms with Crippen LogP contribution in [0.1, 0.15) is 41.4 Å². The van der Waals surface area contributed by atoms with Crippen LogP contribution >= 0.6 is 22.9 Å². The van der Waals surface area contributed by atoms with E-state index in [0.717, 1.165) is 28.1 Å². The largest absolute Gasteiger partial charge is 0.343 e. The van der Waals surface area contributed by atoms with Gasteiger partial charge >= 0.3 is 5.69 Å². The maximum Gasteiger partial charge on any atom is 0.325 e. The number of rotatable bonds is 4. The molecule has 9 heteroatoms. The van der Waals surface area contributed by atoms with Crippen molar-refractivity contribution >= 4 is 39.1 Å². The molecule has 3 heterocycles. The Morgan fingerprint density at radius 1 is 1.28 bits per heavy atom. The highest BCUT2D eigenvalue weighted by molar-refractivity contribution is 7.18. The molecule has 1 saturated heterocycles. The van der Waals surface area contributed by atoms with E-state index in [9.17, 15) is 14.4 Å². The van der Waals surface area contributed by atoms with E-state index in [1.54, 1.807) is 18.3 Å². The molecule has 1 fully saturated rings. The van der Waals surface area contributed by atoms with E-state index < -0.39 is 11.2 Å². The van der Waals surface area contributed by atoms with E-state index in [2.05, 4.69) is 9.97 Å². The highest BCUT2D eigenvalue weighted by Gasteiger charge is 2.26. The third-order valence-electron chi connectivity index (χ3n) is 5.41. The predicted molar refractivity (Wildman–Crippen MR) is 114 cm³/mol. The maximum atomic E-state index is 12.6. The van der Waals surface area contributed by atoms with Crippen LogP contribution in [0.25, 0.3) is 10.2 Å². The van der Waals surface area contributed by atoms with Crippen LogP contribution in [0.15, 0.2) is 27.8 Å². The summed E-state index contributed by atoms with van der Waals surface area (Å²) in [4.78, 5) is 47.2. The average molecular weight is 433 g/mol. The van der Waals surface area contributed by atoms with Gasteiger partial charge in [-0.3, -0.25) is 14.6 Å². The predicted octanol–water partition coefficient (Wildman–Crippen LogP) is 2.97. The van der Waals surface area contributed by atoms with Gasteiger partial charge < -0.3 is 9.88 Å². The van der Waals surface area contributed by atoms with Crippen molar-refractivity contribution < 1.29 is 4.79 Å². The number of halogens is 1. The Bertz CT molecular complexity index is 1170. The van der Waals surface area contributed by atoms with Gasteiger partial charge in [-0.2, -0.15) is 0 Å². The van der Waals surface area contributed by atoms with Gasteiger partial charge in [0, 0.05) is 41.7 Å². The minimum absolute atomic E-state index is 0.0320. The first-order valence-electron chi connectivity index (χ1n) is 9.56. The van der Waals surface area contributed by atoms with Crippen molar-refractivity contribution in [2.75, 3.05) is 13.1 Å². The number of hydrogen-bond donors (Lipinski definition) is 2. The molecule has 1 aliphatic heterocycles. The number of carbonyl (C=O) groups excluding carboxylic acids is 1. The lowest BCUT2D eigenvalue weighted by atomic mass is 9.97. The van der Waals surface area contributed by atoms with Crippen LogP contribution in [-0.4, -0.2) is 38.8 Å². The van der Waals surface area contributed by atoms with E-state index >= 15 is 0 Å². The zero-order chi connectivity index (χ0) is 20.5. The number of hydrogen-bond acceptors (Lipinski definition) is 5. The maximum absolute atomic E-state index is 12.6. The highest BCUT2D eigenvalue weighted by Crippen LogP contribution is 2.34. The van der Waals surface area contributed by atoms with Crippen molar-refractivity contribution in [3.8, 4) is 0 Å². The molecule has 0 radical (unpaired) electrons. The Kier molecular flexibility index (Phi) is 5.56. The molecule has 152 valence electrons. The van der Waals surface area contributed by atoms with Crippen LogP contribution in [0.3, 0.4) is 0 Å². The third kappa shape index (κ3) is 4.28. The Morgan fingerprint density at radius 2 is 2.03 bits per heavy atom. The van der Waals surface area contributed by atoms with Gasteiger partial charge in [0.1, 0.15) is 0 Å². The number of aromatic amines is 2. The van der Waals surface area contributed by atoms with Crippen LogP contribution in [0.5, 0.6) is 0 Å². The lowest BCUT2D eigenvalue weighted by Crippen LogP contribution is -2.38. The fraction of sp³-hybridized carbons (Fsp3) is 0.400. The lowest BCUT2D eigenvalue weighted by Gasteiger charge is -2.31. The molecule has 1 aromatic carbocycles. The van der Waals surface area contributed by atoms with Crippen molar-refractivity contribution in [1.29, 1.82) is 0 Å². The summed E-state index contributed by atoms with van der Waals surface area (Å²) in [5.41, 5.74) is 0.954. The molecule has 7 nitrogen and oxygen atoms in total. The normalized spacial score (nSPS) is 15.2. The Labute approximate surface area is 175 Å². The van der Waals surface area contributed by atoms with E-state index in [0.29, 0.717) is 41.7 Å². The number of aromatic nitrogens is 3. The smallest absolute Gasteiger partial charge is 0.325 e. The Hall–Kier alpha value is -2.45. The molecule has 0 saturated carbocycles. The monoisotopic (exact) mass is 432 g/mol. The fourth-order valence-corrected chi connectivity index (χ4v) is 5.07. The summed E-state index contributed by atoms with van der Waals surface area (Å²) in [7, 11) is 0. The van der Waals surface area contributed by atoms with Crippen molar-refractivity contribution in [2.45, 2.75) is 38.5 Å². The molecule has 0 bridgehead atoms. The fourth-order valence-electron chi connectivity index (χ4n) is 3.79. The zero-order valence-corrected chi connectivity index (χ0v) is 17.5. The topological polar surface area (TPSA) is 98.9 Å². The first-order chi connectivity index (χ1) is 13.9. The van der Waals surface area contributed by atoms with Gasteiger partial charge in [-0.1, -0.05) is 11.6 Å². The second-order valence-corrected chi connectivity index (χ2v) is 8.83. The van der Waals surface area contributed by atoms with Gasteiger partial charge in [-0.15, -0.1) is 11.3 Å². The van der Waals surface area contributed by atoms with Crippen LogP contribution in [0.4, 0.5) is 0 Å². The molecule has 1 aliphatic rings. The van der Waals surface area contributed by atoms with Crippen molar-refractivity contribution in [3.63, 3.8) is 0 Å². The van der Waals surface area contributed by atoms with E-state index in [1.807, 2.05) is 23.1 Å².